The van der Waals surface area contributed by atoms with Crippen LogP contribution < -0.4 is 4.90 Å². The summed E-state index contributed by atoms with van der Waals surface area (Å²) < 4.78 is 13.8. The number of thiophene rings is 1. The highest BCUT2D eigenvalue weighted by atomic mass is 32.1. The van der Waals surface area contributed by atoms with E-state index >= 15 is 0 Å². The summed E-state index contributed by atoms with van der Waals surface area (Å²) in [5, 5.41) is 2.17. The molecule has 2 aromatic heterocycles. The van der Waals surface area contributed by atoms with E-state index in [-0.39, 0.29) is 0 Å². The number of aryl methyl sites for hydroxylation is 1. The lowest BCUT2D eigenvalue weighted by molar-refractivity contribution is 0.121. The van der Waals surface area contributed by atoms with Crippen LogP contribution >= 0.6 is 35.8 Å². The number of benzene rings is 1. The van der Waals surface area contributed by atoms with Crippen molar-refractivity contribution in [2.75, 3.05) is 45.3 Å². The summed E-state index contributed by atoms with van der Waals surface area (Å²) in [6.45, 7) is 5.15. The molecule has 3 aromatic rings. The van der Waals surface area contributed by atoms with E-state index in [9.17, 15) is 0 Å². The number of hydrogen-bond acceptors (Lipinski definition) is 7. The van der Waals surface area contributed by atoms with Crippen LogP contribution in [0.4, 0.5) is 5.88 Å². The molecule has 5 nitrogen and oxygen atoms in total. The van der Waals surface area contributed by atoms with Crippen molar-refractivity contribution >= 4 is 63.1 Å². The maximum Gasteiger partial charge on any atom is 0.197 e. The number of rotatable bonds is 9. The number of ether oxygens (including phenoxy) is 1. The Bertz CT molecular complexity index is 1600. The average molecular weight is 632 g/mol. The van der Waals surface area contributed by atoms with Crippen LogP contribution in [0.5, 0.6) is 0 Å². The van der Waals surface area contributed by atoms with Crippen molar-refractivity contribution in [2.45, 2.75) is 51.9 Å². The zero-order valence-corrected chi connectivity index (χ0v) is 27.9. The molecule has 226 valence electrons. The Morgan fingerprint density at radius 3 is 2.58 bits per heavy atom. The van der Waals surface area contributed by atoms with E-state index in [1.165, 1.54) is 11.3 Å². The van der Waals surface area contributed by atoms with Crippen molar-refractivity contribution in [3.8, 4) is 11.1 Å². The second-order valence-electron chi connectivity index (χ2n) is 11.4. The smallest absolute Gasteiger partial charge is 0.197 e. The van der Waals surface area contributed by atoms with Crippen molar-refractivity contribution in [2.24, 2.45) is 4.99 Å². The molecule has 0 radical (unpaired) electrons. The van der Waals surface area contributed by atoms with Crippen LogP contribution in [-0.2, 0) is 11.2 Å². The van der Waals surface area contributed by atoms with Gasteiger partial charge in [-0.25, -0.2) is 0 Å². The molecule has 2 aliphatic rings. The van der Waals surface area contributed by atoms with Gasteiger partial charge < -0.3 is 19.0 Å². The van der Waals surface area contributed by atoms with Crippen LogP contribution in [0.15, 0.2) is 80.2 Å². The molecule has 43 heavy (non-hydrogen) atoms. The van der Waals surface area contributed by atoms with E-state index in [4.69, 9.17) is 38.6 Å². The number of nitrogens with zero attached hydrogens (tertiary/aromatic N) is 3. The molecule has 0 atom stereocenters. The predicted molar refractivity (Wildman–Crippen MR) is 189 cm³/mol. The summed E-state index contributed by atoms with van der Waals surface area (Å²) in [5.41, 5.74) is 7.94. The number of thiocarbonyl (C=S) groups is 1. The van der Waals surface area contributed by atoms with E-state index in [0.717, 1.165) is 106 Å². The summed E-state index contributed by atoms with van der Waals surface area (Å²) in [6.07, 6.45) is 16.3. The first-order valence-electron chi connectivity index (χ1n) is 15.2. The molecular formula is C35H41N3O2S3. The third-order valence-corrected chi connectivity index (χ3v) is 9.97. The third kappa shape index (κ3) is 8.38. The van der Waals surface area contributed by atoms with E-state index in [1.54, 1.807) is 11.3 Å². The highest BCUT2D eigenvalue weighted by Crippen LogP contribution is 2.37. The molecule has 1 aromatic carbocycles. The van der Waals surface area contributed by atoms with Crippen LogP contribution in [0.1, 0.15) is 51.0 Å². The fourth-order valence-electron chi connectivity index (χ4n) is 5.40. The van der Waals surface area contributed by atoms with Crippen LogP contribution in [-0.4, -0.2) is 56.5 Å². The molecule has 0 unspecified atom stereocenters. The number of fused-ring (bicyclic) bond motifs is 1. The van der Waals surface area contributed by atoms with Crippen molar-refractivity contribution in [3.05, 3.63) is 80.9 Å². The normalized spacial score (nSPS) is 19.5. The zero-order chi connectivity index (χ0) is 30.2. The number of unbranched alkanes of at least 4 members (excludes halogenated alkanes) is 1. The minimum atomic E-state index is 0.714. The molecule has 1 saturated heterocycles. The van der Waals surface area contributed by atoms with Gasteiger partial charge in [0.1, 0.15) is 4.99 Å². The van der Waals surface area contributed by atoms with Crippen molar-refractivity contribution in [1.82, 2.24) is 4.90 Å². The van der Waals surface area contributed by atoms with Crippen LogP contribution in [0.3, 0.4) is 0 Å². The van der Waals surface area contributed by atoms with E-state index in [0.29, 0.717) is 13.2 Å². The molecule has 1 fully saturated rings. The van der Waals surface area contributed by atoms with E-state index < -0.39 is 0 Å². The Labute approximate surface area is 270 Å². The second kappa shape index (κ2) is 15.2. The average Bonchev–Trinajstić information content (AvgIpc) is 3.49. The zero-order valence-electron chi connectivity index (χ0n) is 25.4. The summed E-state index contributed by atoms with van der Waals surface area (Å²) >= 11 is 12.9. The van der Waals surface area contributed by atoms with Gasteiger partial charge in [0, 0.05) is 56.1 Å². The molecule has 4 heterocycles. The maximum atomic E-state index is 6.43. The monoisotopic (exact) mass is 631 g/mol. The Kier molecular flexibility index (Phi) is 11.1. The Morgan fingerprint density at radius 1 is 1.07 bits per heavy atom. The number of anilines is 1. The number of likely N-dealkylation sites (N-methyl/N-ethyl adjacent to an activating group) is 1. The summed E-state index contributed by atoms with van der Waals surface area (Å²) in [4.78, 5) is 9.94. The topological polar surface area (TPSA) is 41.2 Å². The Balaban J connectivity index is 1.18. The van der Waals surface area contributed by atoms with Gasteiger partial charge in [-0.3, -0.25) is 4.99 Å². The summed E-state index contributed by atoms with van der Waals surface area (Å²) in [5.74, 6) is 0.837. The van der Waals surface area contributed by atoms with Gasteiger partial charge in [-0.1, -0.05) is 60.9 Å². The number of hydrogen-bond donors (Lipinski definition) is 0. The molecule has 0 saturated carbocycles. The fourth-order valence-corrected chi connectivity index (χ4v) is 6.71. The first-order valence-corrected chi connectivity index (χ1v) is 16.9. The highest BCUT2D eigenvalue weighted by Gasteiger charge is 2.17. The number of aliphatic imine (C=N–C) groups is 1. The largest absolute Gasteiger partial charge is 0.439 e. The second-order valence-corrected chi connectivity index (χ2v) is 13.1. The fraction of sp³-hybridized carbons (Fsp3) is 0.400. The summed E-state index contributed by atoms with van der Waals surface area (Å²) in [7, 11) is 3.98. The molecule has 5 rings (SSSR count). The van der Waals surface area contributed by atoms with Crippen LogP contribution in [0.25, 0.3) is 21.4 Å². The lowest BCUT2D eigenvalue weighted by atomic mass is 10.0. The van der Waals surface area contributed by atoms with Crippen molar-refractivity contribution in [1.29, 1.82) is 0 Å². The standard InChI is InChI=1S/C35H41N3O2S3/c1-25(35(42)37(2)3)21-27-10-5-4-6-11-29(36-23-27)12-8-7-9-26-13-15-28(16-14-26)30-24-43-34-31(41)22-32(40-33(30)34)38-17-19-39-20-18-38/h10-11,13-16,21-24H,4-9,12,17-20H2,1-3H3/b25-21+,27-10-,29-11-,36-23-. The molecular weight excluding hydrogens is 591 g/mol. The molecule has 0 bridgehead atoms. The predicted octanol–water partition coefficient (Wildman–Crippen LogP) is 9.34. The highest BCUT2D eigenvalue weighted by molar-refractivity contribution is 7.80. The SMILES string of the molecule is C\C(=C/C1=C/CCC\C=C(CCCCc2ccc(-c3csc4c(=S)cc(N5CCOCC5)oc34)cc2)/N=C\1)C(=S)N(C)C. The molecule has 0 N–H and O–H groups in total. The molecule has 0 spiro atoms. The Morgan fingerprint density at radius 2 is 1.81 bits per heavy atom. The first-order chi connectivity index (χ1) is 20.9. The van der Waals surface area contributed by atoms with Crippen molar-refractivity contribution < 1.29 is 9.15 Å². The minimum absolute atomic E-state index is 0.714. The third-order valence-electron chi connectivity index (χ3n) is 7.84. The number of morpholine rings is 1. The first kappa shape index (κ1) is 31.5. The quantitative estimate of drug-likeness (QED) is 0.133. The van der Waals surface area contributed by atoms with Gasteiger partial charge in [-0.05, 0) is 80.2 Å². The minimum Gasteiger partial charge on any atom is -0.439 e. The number of allylic oxidation sites excluding steroid dienone is 5. The van der Waals surface area contributed by atoms with Crippen LogP contribution in [0, 0.1) is 4.51 Å². The molecule has 8 heteroatoms. The van der Waals surface area contributed by atoms with Crippen LogP contribution in [0.2, 0.25) is 0 Å². The Hall–Kier alpha value is -2.91. The van der Waals surface area contributed by atoms with Gasteiger partial charge >= 0.3 is 0 Å². The van der Waals surface area contributed by atoms with Gasteiger partial charge in [-0.2, -0.15) is 0 Å². The lowest BCUT2D eigenvalue weighted by Gasteiger charge is -2.27. The van der Waals surface area contributed by atoms with Gasteiger partial charge in [0.05, 0.1) is 22.4 Å². The molecule has 2 aliphatic heterocycles. The van der Waals surface area contributed by atoms with E-state index in [2.05, 4.69) is 59.7 Å². The summed E-state index contributed by atoms with van der Waals surface area (Å²) in [6, 6.07) is 10.9. The van der Waals surface area contributed by atoms with Gasteiger partial charge in [0.25, 0.3) is 0 Å². The molecule has 0 amide bonds. The van der Waals surface area contributed by atoms with Gasteiger partial charge in [0.2, 0.25) is 0 Å². The van der Waals surface area contributed by atoms with E-state index in [1.807, 2.05) is 31.3 Å². The lowest BCUT2D eigenvalue weighted by Crippen LogP contribution is -2.36. The van der Waals surface area contributed by atoms with Gasteiger partial charge in [0.15, 0.2) is 11.5 Å². The molecule has 0 aliphatic carbocycles. The maximum absolute atomic E-state index is 6.43. The van der Waals surface area contributed by atoms with Gasteiger partial charge in [-0.15, -0.1) is 11.3 Å². The van der Waals surface area contributed by atoms with Crippen molar-refractivity contribution in [3.63, 3.8) is 0 Å².